The third kappa shape index (κ3) is 2.61. The van der Waals surface area contributed by atoms with Crippen LogP contribution in [0, 0.1) is 6.92 Å². The maximum absolute atomic E-state index is 12.7. The molecule has 3 aromatic rings. The molecule has 3 rings (SSSR count). The zero-order valence-corrected chi connectivity index (χ0v) is 12.7. The van der Waals surface area contributed by atoms with Crippen LogP contribution in [-0.2, 0) is 0 Å². The quantitative estimate of drug-likeness (QED) is 0.751. The lowest BCUT2D eigenvalue weighted by atomic mass is 10.1. The van der Waals surface area contributed by atoms with Gasteiger partial charge in [-0.25, -0.2) is 4.98 Å². The van der Waals surface area contributed by atoms with E-state index in [0.29, 0.717) is 22.0 Å². The van der Waals surface area contributed by atoms with Crippen LogP contribution in [0.1, 0.15) is 21.6 Å². The number of hydrogen-bond acceptors (Lipinski definition) is 3. The van der Waals surface area contributed by atoms with Crippen LogP contribution in [0.4, 0.5) is 5.95 Å². The molecule has 0 radical (unpaired) electrons. The van der Waals surface area contributed by atoms with Gasteiger partial charge in [0.05, 0.1) is 11.9 Å². The lowest BCUT2D eigenvalue weighted by Crippen LogP contribution is -2.11. The highest BCUT2D eigenvalue weighted by molar-refractivity contribution is 6.30. The highest BCUT2D eigenvalue weighted by Crippen LogP contribution is 2.22. The summed E-state index contributed by atoms with van der Waals surface area (Å²) in [6.45, 7) is 1.97. The first-order valence-electron chi connectivity index (χ1n) is 6.77. The number of halogens is 1. The van der Waals surface area contributed by atoms with Crippen LogP contribution in [-0.4, -0.2) is 15.3 Å². The Morgan fingerprint density at radius 2 is 1.91 bits per heavy atom. The molecule has 0 fully saturated rings. The van der Waals surface area contributed by atoms with E-state index < -0.39 is 0 Å². The minimum atomic E-state index is -0.135. The zero-order chi connectivity index (χ0) is 15.7. The predicted molar refractivity (Wildman–Crippen MR) is 87.6 cm³/mol. The monoisotopic (exact) mass is 311 g/mol. The Balaban J connectivity index is 2.09. The number of benzene rings is 2. The van der Waals surface area contributed by atoms with Crippen molar-refractivity contribution in [2.75, 3.05) is 5.73 Å². The molecule has 0 unspecified atom stereocenters. The van der Waals surface area contributed by atoms with Gasteiger partial charge in [-0.2, -0.15) is 0 Å². The topological polar surface area (TPSA) is 60.9 Å². The fraction of sp³-hybridized carbons (Fsp3) is 0.0588. The minimum absolute atomic E-state index is 0.135. The van der Waals surface area contributed by atoms with Crippen molar-refractivity contribution in [2.24, 2.45) is 0 Å². The highest BCUT2D eigenvalue weighted by atomic mass is 35.5. The van der Waals surface area contributed by atoms with Gasteiger partial charge in [-0.1, -0.05) is 47.5 Å². The Hall–Kier alpha value is -2.59. The van der Waals surface area contributed by atoms with Gasteiger partial charge in [-0.05, 0) is 25.1 Å². The van der Waals surface area contributed by atoms with Gasteiger partial charge in [0.25, 0.3) is 0 Å². The first-order chi connectivity index (χ1) is 10.6. The fourth-order valence-corrected chi connectivity index (χ4v) is 2.45. The van der Waals surface area contributed by atoms with E-state index in [0.717, 1.165) is 5.56 Å². The number of imidazole rings is 1. The van der Waals surface area contributed by atoms with Gasteiger partial charge < -0.3 is 5.73 Å². The first kappa shape index (κ1) is 14.4. The third-order valence-corrected chi connectivity index (χ3v) is 3.64. The van der Waals surface area contributed by atoms with Gasteiger partial charge in [0.1, 0.15) is 5.69 Å². The molecule has 0 aliphatic heterocycles. The maximum Gasteiger partial charge on any atom is 0.211 e. The van der Waals surface area contributed by atoms with E-state index in [4.69, 9.17) is 17.3 Å². The molecule has 0 bridgehead atoms. The average Bonchev–Trinajstić information content (AvgIpc) is 2.89. The van der Waals surface area contributed by atoms with E-state index in [-0.39, 0.29) is 11.7 Å². The van der Waals surface area contributed by atoms with Gasteiger partial charge in [-0.15, -0.1) is 0 Å². The van der Waals surface area contributed by atoms with Gasteiger partial charge in [0.15, 0.2) is 0 Å². The number of nitrogen functional groups attached to an aromatic ring is 1. The molecular weight excluding hydrogens is 298 g/mol. The molecule has 4 nitrogen and oxygen atoms in total. The summed E-state index contributed by atoms with van der Waals surface area (Å²) in [4.78, 5) is 16.8. The summed E-state index contributed by atoms with van der Waals surface area (Å²) in [5, 5.41) is 0.569. The Morgan fingerprint density at radius 1 is 1.18 bits per heavy atom. The summed E-state index contributed by atoms with van der Waals surface area (Å²) in [6, 6.07) is 14.5. The number of nitrogens with zero attached hydrogens (tertiary/aromatic N) is 2. The lowest BCUT2D eigenvalue weighted by Gasteiger charge is -2.10. The molecule has 2 N–H and O–H groups in total. The van der Waals surface area contributed by atoms with Gasteiger partial charge in [0.2, 0.25) is 11.7 Å². The van der Waals surface area contributed by atoms with Crippen molar-refractivity contribution in [3.05, 3.63) is 76.6 Å². The lowest BCUT2D eigenvalue weighted by molar-refractivity contribution is 0.103. The van der Waals surface area contributed by atoms with Crippen molar-refractivity contribution in [1.29, 1.82) is 0 Å². The van der Waals surface area contributed by atoms with Crippen molar-refractivity contribution < 1.29 is 4.79 Å². The molecule has 0 spiro atoms. The van der Waals surface area contributed by atoms with Crippen molar-refractivity contribution in [3.8, 4) is 5.69 Å². The van der Waals surface area contributed by atoms with E-state index in [1.54, 1.807) is 34.9 Å². The van der Waals surface area contributed by atoms with E-state index >= 15 is 0 Å². The van der Waals surface area contributed by atoms with Crippen molar-refractivity contribution in [3.63, 3.8) is 0 Å². The average molecular weight is 312 g/mol. The number of carbonyl (C=O) groups is 1. The Labute approximate surface area is 133 Å². The molecule has 22 heavy (non-hydrogen) atoms. The van der Waals surface area contributed by atoms with E-state index in [2.05, 4.69) is 4.98 Å². The molecule has 0 atom stereocenters. The van der Waals surface area contributed by atoms with Crippen LogP contribution in [0.5, 0.6) is 0 Å². The van der Waals surface area contributed by atoms with E-state index in [1.807, 2.05) is 25.1 Å². The number of ketones is 1. The molecular formula is C17H14ClN3O. The molecule has 5 heteroatoms. The highest BCUT2D eigenvalue weighted by Gasteiger charge is 2.18. The molecule has 0 aliphatic carbocycles. The van der Waals surface area contributed by atoms with E-state index in [1.165, 1.54) is 6.20 Å². The molecule has 1 heterocycles. The Morgan fingerprint density at radius 3 is 2.59 bits per heavy atom. The number of hydrogen-bond donors (Lipinski definition) is 1. The van der Waals surface area contributed by atoms with Crippen molar-refractivity contribution >= 4 is 23.3 Å². The number of carbonyl (C=O) groups excluding carboxylic acids is 1. The summed E-state index contributed by atoms with van der Waals surface area (Å²) in [6.07, 6.45) is 1.48. The van der Waals surface area contributed by atoms with Crippen LogP contribution < -0.4 is 5.73 Å². The fourth-order valence-electron chi connectivity index (χ4n) is 2.27. The van der Waals surface area contributed by atoms with Crippen LogP contribution in [0.3, 0.4) is 0 Å². The molecule has 110 valence electrons. The largest absolute Gasteiger partial charge is 0.369 e. The summed E-state index contributed by atoms with van der Waals surface area (Å²) in [5.74, 6) is 0.113. The Kier molecular flexibility index (Phi) is 3.69. The van der Waals surface area contributed by atoms with Crippen LogP contribution in [0.25, 0.3) is 5.69 Å². The first-order valence-corrected chi connectivity index (χ1v) is 7.14. The molecule has 0 saturated heterocycles. The van der Waals surface area contributed by atoms with E-state index in [9.17, 15) is 4.79 Å². The number of nitrogens with two attached hydrogens (primary N) is 1. The second kappa shape index (κ2) is 5.66. The molecule has 0 amide bonds. The zero-order valence-electron chi connectivity index (χ0n) is 12.0. The third-order valence-electron chi connectivity index (χ3n) is 3.40. The molecule has 0 saturated carbocycles. The summed E-state index contributed by atoms with van der Waals surface area (Å²) in [5.41, 5.74) is 8.72. The van der Waals surface area contributed by atoms with Gasteiger partial charge in [-0.3, -0.25) is 9.36 Å². The molecule has 0 aliphatic rings. The van der Waals surface area contributed by atoms with Crippen LogP contribution >= 0.6 is 11.6 Å². The molecule has 2 aromatic carbocycles. The second-order valence-electron chi connectivity index (χ2n) is 5.01. The summed E-state index contributed by atoms with van der Waals surface area (Å²) < 4.78 is 1.61. The predicted octanol–water partition coefficient (Wildman–Crippen LogP) is 3.65. The summed E-state index contributed by atoms with van der Waals surface area (Å²) in [7, 11) is 0. The number of aromatic nitrogens is 2. The normalized spacial score (nSPS) is 10.6. The second-order valence-corrected chi connectivity index (χ2v) is 5.45. The van der Waals surface area contributed by atoms with Gasteiger partial charge >= 0.3 is 0 Å². The number of anilines is 1. The van der Waals surface area contributed by atoms with Crippen LogP contribution in [0.2, 0.25) is 5.02 Å². The van der Waals surface area contributed by atoms with Crippen molar-refractivity contribution in [2.45, 2.75) is 6.92 Å². The number of rotatable bonds is 3. The van der Waals surface area contributed by atoms with Crippen LogP contribution in [0.15, 0.2) is 54.7 Å². The maximum atomic E-state index is 12.7. The standard InChI is InChI=1S/C17H14ClN3O/c1-11-5-7-12(8-6-11)16(22)15-10-20-17(19)21(15)14-4-2-3-13(18)9-14/h2-10H,1H3,(H2,19,20). The summed E-state index contributed by atoms with van der Waals surface area (Å²) >= 11 is 6.02. The SMILES string of the molecule is Cc1ccc(C(=O)c2cnc(N)n2-c2cccc(Cl)c2)cc1. The number of aryl methyl sites for hydroxylation is 1. The van der Waals surface area contributed by atoms with Gasteiger partial charge in [0, 0.05) is 10.6 Å². The minimum Gasteiger partial charge on any atom is -0.369 e. The van der Waals surface area contributed by atoms with Crippen molar-refractivity contribution in [1.82, 2.24) is 9.55 Å². The Bertz CT molecular complexity index is 837. The molecule has 1 aromatic heterocycles. The smallest absolute Gasteiger partial charge is 0.211 e.